The van der Waals surface area contributed by atoms with Crippen LogP contribution >= 0.6 is 0 Å². The number of allylic oxidation sites excluding steroid dienone is 2. The van der Waals surface area contributed by atoms with E-state index < -0.39 is 30.0 Å². The Morgan fingerprint density at radius 3 is 1.77 bits per heavy atom. The van der Waals surface area contributed by atoms with Gasteiger partial charge in [0, 0.05) is 65.1 Å². The number of carbonyl (C=O) groups is 5. The number of aliphatic carboxylic acids is 1. The lowest BCUT2D eigenvalue weighted by Crippen LogP contribution is -2.48. The van der Waals surface area contributed by atoms with E-state index in [-0.39, 0.29) is 62.7 Å². The molecule has 0 bridgehead atoms. The lowest BCUT2D eigenvalue weighted by Gasteiger charge is -2.26. The Morgan fingerprint density at radius 2 is 1.30 bits per heavy atom. The number of benzene rings is 3. The van der Waals surface area contributed by atoms with Crippen molar-refractivity contribution in [1.29, 1.82) is 10.5 Å². The van der Waals surface area contributed by atoms with Gasteiger partial charge in [0.05, 0.1) is 56.1 Å². The molecule has 11 N–H and O–H groups in total. The van der Waals surface area contributed by atoms with Gasteiger partial charge in [-0.2, -0.15) is 10.5 Å². The number of aryl methyl sites for hydroxylation is 2. The SMILES string of the molecule is C=C(C)NC(C)C(=O)NCC(=C)NC(C)C(=O)NCC(=C)NC(C)C(=O)NCC(=C)N(CCCOc1cc(C#N)cc(C#N)c1)CC(N)=O.C=C(CCc1c[nH]c2ccc(F)cc12)NCCCC.CCC(=O)O.Cc1ccccc1. The van der Waals surface area contributed by atoms with Crippen molar-refractivity contribution in [2.45, 2.75) is 105 Å². The molecule has 1 heterocycles. The maximum absolute atomic E-state index is 13.3. The van der Waals surface area contributed by atoms with Crippen molar-refractivity contribution in [1.82, 2.24) is 47.1 Å². The summed E-state index contributed by atoms with van der Waals surface area (Å²) < 4.78 is 18.9. The van der Waals surface area contributed by atoms with Gasteiger partial charge in [0.25, 0.3) is 0 Å². The summed E-state index contributed by atoms with van der Waals surface area (Å²) in [5, 5.41) is 47.3. The van der Waals surface area contributed by atoms with Gasteiger partial charge in [-0.1, -0.05) is 89.1 Å². The normalized spacial score (nSPS) is 11.1. The smallest absolute Gasteiger partial charge is 0.303 e. The van der Waals surface area contributed by atoms with Crippen molar-refractivity contribution in [3.8, 4) is 17.9 Å². The standard InChI is InChI=1S/C34H48N10O5.C16H21FN2.C7H8.C3H6O2/c1-21(2)41-25(6)32(46)38-17-22(3)42-26(7)33(47)39-18-23(4)43-27(8)34(48)40-19-24(5)44(20-31(37)45)10-9-11-49-30-13-28(15-35)12-29(14-30)16-36;1-3-4-9-18-12(2)5-6-13-11-19-16-8-7-14(17)10-15(13)16;1-7-5-3-2-4-6-7;1-2-3(4)5/h12-14,25-27,41-43H,1,3-5,9-11,17-20H2,2,6-8H3,(H2,37,45)(H,38,46)(H,39,47)(H,40,48);7-8,10-11,18-19H,2-6,9H2,1H3;2-6H,1H3;2H2,1H3,(H,4,5). The van der Waals surface area contributed by atoms with E-state index in [2.05, 4.69) is 101 Å². The largest absolute Gasteiger partial charge is 0.493 e. The van der Waals surface area contributed by atoms with Crippen LogP contribution in [0.4, 0.5) is 4.39 Å². The molecule has 0 aliphatic rings. The minimum atomic E-state index is -0.745. The number of fused-ring (bicyclic) bond motifs is 1. The highest BCUT2D eigenvalue weighted by molar-refractivity contribution is 5.84. The fourth-order valence-electron chi connectivity index (χ4n) is 6.93. The lowest BCUT2D eigenvalue weighted by atomic mass is 10.1. The number of carboxylic acids is 1. The summed E-state index contributed by atoms with van der Waals surface area (Å²) in [5.41, 5.74) is 12.5. The fraction of sp³-hybridized carbons (Fsp3) is 0.383. The summed E-state index contributed by atoms with van der Waals surface area (Å²) in [6.45, 7) is 33.6. The molecule has 4 rings (SSSR count). The Hall–Kier alpha value is -9.04. The van der Waals surface area contributed by atoms with Crippen LogP contribution in [-0.4, -0.2) is 109 Å². The number of amides is 4. The van der Waals surface area contributed by atoms with E-state index in [0.29, 0.717) is 52.6 Å². The summed E-state index contributed by atoms with van der Waals surface area (Å²) in [6.07, 6.45) is 6.74. The molecular weight excluding hydrogens is 1020 g/mol. The summed E-state index contributed by atoms with van der Waals surface area (Å²) >= 11 is 0. The quantitative estimate of drug-likeness (QED) is 0.0228. The number of ether oxygens (including phenoxy) is 1. The first-order chi connectivity index (χ1) is 37.9. The van der Waals surface area contributed by atoms with Crippen LogP contribution in [0.1, 0.15) is 95.9 Å². The van der Waals surface area contributed by atoms with E-state index in [0.717, 1.165) is 48.0 Å². The molecule has 3 atom stereocenters. The number of nitriles is 2. The van der Waals surface area contributed by atoms with E-state index >= 15 is 0 Å². The predicted octanol–water partition coefficient (Wildman–Crippen LogP) is 6.96. The number of nitrogens with zero attached hydrogens (tertiary/aromatic N) is 3. The first kappa shape index (κ1) is 69.0. The predicted molar refractivity (Wildman–Crippen MR) is 314 cm³/mol. The van der Waals surface area contributed by atoms with Crippen LogP contribution in [0.5, 0.6) is 5.75 Å². The number of aromatic nitrogens is 1. The number of aromatic amines is 1. The first-order valence-corrected chi connectivity index (χ1v) is 26.3. The minimum absolute atomic E-state index is 0.0365. The molecule has 80 heavy (non-hydrogen) atoms. The number of hydrogen-bond donors (Lipinski definition) is 10. The highest BCUT2D eigenvalue weighted by Crippen LogP contribution is 2.21. The van der Waals surface area contributed by atoms with Gasteiger partial charge in [0.2, 0.25) is 23.6 Å². The van der Waals surface area contributed by atoms with Gasteiger partial charge in [0.1, 0.15) is 29.7 Å². The number of carbonyl (C=O) groups excluding carboxylic acids is 4. The van der Waals surface area contributed by atoms with Crippen molar-refractivity contribution >= 4 is 40.5 Å². The molecule has 3 unspecified atom stereocenters. The van der Waals surface area contributed by atoms with Crippen LogP contribution in [0.3, 0.4) is 0 Å². The van der Waals surface area contributed by atoms with E-state index in [9.17, 15) is 28.4 Å². The Balaban J connectivity index is 0.000000823. The van der Waals surface area contributed by atoms with Crippen LogP contribution in [-0.2, 0) is 30.4 Å². The summed E-state index contributed by atoms with van der Waals surface area (Å²) in [5.74, 6) is -2.09. The van der Waals surface area contributed by atoms with E-state index in [1.165, 1.54) is 36.2 Å². The van der Waals surface area contributed by atoms with Crippen LogP contribution in [0.2, 0.25) is 0 Å². The average Bonchev–Trinajstić information content (AvgIpc) is 3.83. The Bertz CT molecular complexity index is 2750. The number of halogens is 1. The molecule has 4 aromatic rings. The molecule has 20 heteroatoms. The van der Waals surface area contributed by atoms with Gasteiger partial charge in [-0.05, 0) is 102 Å². The van der Waals surface area contributed by atoms with Gasteiger partial charge < -0.3 is 62.7 Å². The van der Waals surface area contributed by atoms with Crippen LogP contribution in [0, 0.1) is 35.4 Å². The van der Waals surface area contributed by atoms with Gasteiger partial charge in [0.15, 0.2) is 0 Å². The highest BCUT2D eigenvalue weighted by atomic mass is 19.1. The molecule has 19 nitrogen and oxygen atoms in total. The molecule has 0 spiro atoms. The molecule has 0 radical (unpaired) electrons. The molecule has 0 saturated heterocycles. The molecule has 0 fully saturated rings. The first-order valence-electron chi connectivity index (χ1n) is 26.3. The van der Waals surface area contributed by atoms with Gasteiger partial charge in [-0.3, -0.25) is 24.0 Å². The van der Waals surface area contributed by atoms with Crippen molar-refractivity contribution in [2.24, 2.45) is 5.73 Å². The zero-order valence-corrected chi connectivity index (χ0v) is 47.6. The number of nitrogens with two attached hydrogens (primary N) is 1. The average molecular weight is 1100 g/mol. The van der Waals surface area contributed by atoms with Crippen LogP contribution in [0.15, 0.2) is 134 Å². The number of unbranched alkanes of at least 4 members (excludes halogenated alkanes) is 1. The monoisotopic (exact) mass is 1100 g/mol. The van der Waals surface area contributed by atoms with Crippen LogP contribution < -0.4 is 47.7 Å². The third-order valence-electron chi connectivity index (χ3n) is 11.3. The second-order valence-corrected chi connectivity index (χ2v) is 18.7. The molecule has 0 saturated carbocycles. The molecule has 4 amide bonds. The molecule has 432 valence electrons. The Kier molecular flexibility index (Phi) is 33.2. The van der Waals surface area contributed by atoms with Crippen molar-refractivity contribution in [3.63, 3.8) is 0 Å². The topological polar surface area (TPSA) is 292 Å². The van der Waals surface area contributed by atoms with Crippen molar-refractivity contribution in [2.75, 3.05) is 45.9 Å². The molecule has 0 aliphatic heterocycles. The van der Waals surface area contributed by atoms with Crippen LogP contribution in [0.25, 0.3) is 10.9 Å². The zero-order chi connectivity index (χ0) is 60.2. The van der Waals surface area contributed by atoms with Crippen molar-refractivity contribution in [3.05, 3.63) is 162 Å². The van der Waals surface area contributed by atoms with Gasteiger partial charge >= 0.3 is 5.97 Å². The van der Waals surface area contributed by atoms with Crippen molar-refractivity contribution < 1.29 is 38.2 Å². The summed E-state index contributed by atoms with van der Waals surface area (Å²) in [4.78, 5) is 63.3. The number of carboxylic acid groups (broad SMARTS) is 1. The van der Waals surface area contributed by atoms with E-state index in [1.54, 1.807) is 51.7 Å². The summed E-state index contributed by atoms with van der Waals surface area (Å²) in [6, 6.07) is 21.8. The maximum atomic E-state index is 13.3. The molecule has 0 aliphatic carbocycles. The third kappa shape index (κ3) is 30.0. The van der Waals surface area contributed by atoms with E-state index in [1.807, 2.05) is 36.5 Å². The number of H-pyrrole nitrogens is 1. The number of rotatable bonds is 31. The Morgan fingerprint density at radius 1 is 0.762 bits per heavy atom. The third-order valence-corrected chi connectivity index (χ3v) is 11.3. The molecular formula is C60H83FN12O7. The number of nitrogens with one attached hydrogen (secondary N) is 8. The molecule has 3 aromatic carbocycles. The summed E-state index contributed by atoms with van der Waals surface area (Å²) in [7, 11) is 0. The highest BCUT2D eigenvalue weighted by Gasteiger charge is 2.19. The minimum Gasteiger partial charge on any atom is -0.493 e. The van der Waals surface area contributed by atoms with Gasteiger partial charge in [-0.25, -0.2) is 4.39 Å². The second kappa shape index (κ2) is 38.5. The Labute approximate surface area is 471 Å². The fourth-order valence-corrected chi connectivity index (χ4v) is 6.93. The van der Waals surface area contributed by atoms with E-state index in [4.69, 9.17) is 26.1 Å². The second-order valence-electron chi connectivity index (χ2n) is 18.7. The van der Waals surface area contributed by atoms with Gasteiger partial charge in [-0.15, -0.1) is 0 Å². The molecule has 1 aromatic heterocycles. The maximum Gasteiger partial charge on any atom is 0.303 e. The zero-order valence-electron chi connectivity index (χ0n) is 47.6. The number of hydrogen-bond acceptors (Lipinski definition) is 13. The number of primary amides is 1. The lowest BCUT2D eigenvalue weighted by molar-refractivity contribution is -0.136.